The first-order valence-corrected chi connectivity index (χ1v) is 7.95. The van der Waals surface area contributed by atoms with Gasteiger partial charge in [0.05, 0.1) is 16.4 Å². The lowest BCUT2D eigenvalue weighted by Gasteiger charge is -2.14. The van der Waals surface area contributed by atoms with Gasteiger partial charge < -0.3 is 4.74 Å². The topological polar surface area (TPSA) is 55.4 Å². The predicted octanol–water partition coefficient (Wildman–Crippen LogP) is 2.04. The van der Waals surface area contributed by atoms with Gasteiger partial charge in [-0.2, -0.15) is 0 Å². The van der Waals surface area contributed by atoms with Crippen molar-refractivity contribution in [1.82, 2.24) is 4.72 Å². The van der Waals surface area contributed by atoms with Crippen LogP contribution in [-0.2, 0) is 14.8 Å². The Bertz CT molecular complexity index is 434. The van der Waals surface area contributed by atoms with Crippen LogP contribution in [0.5, 0.6) is 0 Å². The van der Waals surface area contributed by atoms with Crippen molar-refractivity contribution in [2.75, 3.05) is 19.6 Å². The quantitative estimate of drug-likeness (QED) is 0.801. The molecule has 0 saturated carbocycles. The van der Waals surface area contributed by atoms with Crippen molar-refractivity contribution in [2.45, 2.75) is 10.3 Å². The number of hydrogen-bond donors (Lipinski definition) is 1. The summed E-state index contributed by atoms with van der Waals surface area (Å²) in [5, 5.41) is 0. The standard InChI is InChI=1S/C8H11BrClNO3S2/c1-14-5-6(4-10)11-16(12,13)8-3-2-7(9)15-8/h2-3,6,11H,4-5H2,1H3. The molecule has 0 spiro atoms. The lowest BCUT2D eigenvalue weighted by atomic mass is 10.4. The summed E-state index contributed by atoms with van der Waals surface area (Å²) in [6.45, 7) is 0.245. The van der Waals surface area contributed by atoms with Crippen LogP contribution in [0, 0.1) is 0 Å². The average molecular weight is 349 g/mol. The van der Waals surface area contributed by atoms with Crippen molar-refractivity contribution in [1.29, 1.82) is 0 Å². The van der Waals surface area contributed by atoms with E-state index in [-0.39, 0.29) is 16.7 Å². The van der Waals surface area contributed by atoms with Crippen LogP contribution in [0.25, 0.3) is 0 Å². The Morgan fingerprint density at radius 3 is 2.75 bits per heavy atom. The third-order valence-electron chi connectivity index (χ3n) is 1.69. The second-order valence-corrected chi connectivity index (χ2v) is 7.70. The van der Waals surface area contributed by atoms with Crippen molar-refractivity contribution in [3.8, 4) is 0 Å². The summed E-state index contributed by atoms with van der Waals surface area (Å²) in [5.74, 6) is 0.166. The smallest absolute Gasteiger partial charge is 0.250 e. The van der Waals surface area contributed by atoms with Crippen LogP contribution in [0.2, 0.25) is 0 Å². The summed E-state index contributed by atoms with van der Waals surface area (Å²) in [4.78, 5) is 0. The van der Waals surface area contributed by atoms with E-state index < -0.39 is 16.1 Å². The van der Waals surface area contributed by atoms with Gasteiger partial charge in [-0.3, -0.25) is 0 Å². The zero-order valence-electron chi connectivity index (χ0n) is 8.44. The van der Waals surface area contributed by atoms with Gasteiger partial charge in [-0.25, -0.2) is 13.1 Å². The van der Waals surface area contributed by atoms with Gasteiger partial charge in [0.2, 0.25) is 10.0 Å². The van der Waals surface area contributed by atoms with Gasteiger partial charge in [0.1, 0.15) is 4.21 Å². The zero-order chi connectivity index (χ0) is 12.2. The summed E-state index contributed by atoms with van der Waals surface area (Å²) < 4.78 is 32.1. The lowest BCUT2D eigenvalue weighted by Crippen LogP contribution is -2.38. The predicted molar refractivity (Wildman–Crippen MR) is 68.7 cm³/mol. The van der Waals surface area contributed by atoms with Gasteiger partial charge in [0.25, 0.3) is 0 Å². The number of nitrogens with one attached hydrogen (secondary N) is 1. The molecule has 92 valence electrons. The molecule has 1 aromatic heterocycles. The molecule has 1 aromatic rings. The molecule has 0 fully saturated rings. The largest absolute Gasteiger partial charge is 0.383 e. The van der Waals surface area contributed by atoms with Gasteiger partial charge in [-0.1, -0.05) is 0 Å². The second-order valence-electron chi connectivity index (χ2n) is 2.99. The van der Waals surface area contributed by atoms with E-state index in [1.54, 1.807) is 6.07 Å². The third-order valence-corrected chi connectivity index (χ3v) is 5.70. The van der Waals surface area contributed by atoms with E-state index in [1.165, 1.54) is 13.2 Å². The molecule has 0 saturated heterocycles. The first kappa shape index (κ1) is 14.4. The van der Waals surface area contributed by atoms with Crippen molar-refractivity contribution < 1.29 is 13.2 Å². The molecule has 0 aromatic carbocycles. The van der Waals surface area contributed by atoms with E-state index in [9.17, 15) is 8.42 Å². The minimum absolute atomic E-state index is 0.166. The maximum Gasteiger partial charge on any atom is 0.250 e. The molecule has 8 heteroatoms. The Morgan fingerprint density at radius 2 is 2.31 bits per heavy atom. The number of ether oxygens (including phenoxy) is 1. The normalized spacial score (nSPS) is 13.9. The van der Waals surface area contributed by atoms with E-state index in [1.807, 2.05) is 0 Å². The van der Waals surface area contributed by atoms with Gasteiger partial charge >= 0.3 is 0 Å². The summed E-state index contributed by atoms with van der Waals surface area (Å²) >= 11 is 9.99. The third kappa shape index (κ3) is 3.97. The Balaban J connectivity index is 2.78. The summed E-state index contributed by atoms with van der Waals surface area (Å²) in [7, 11) is -2.00. The summed E-state index contributed by atoms with van der Waals surface area (Å²) in [6, 6.07) is 2.80. The monoisotopic (exact) mass is 347 g/mol. The molecule has 4 nitrogen and oxygen atoms in total. The fourth-order valence-corrected chi connectivity index (χ4v) is 4.54. The molecule has 0 aliphatic heterocycles. The number of methoxy groups -OCH3 is 1. The maximum atomic E-state index is 11.9. The summed E-state index contributed by atoms with van der Waals surface area (Å²) in [5.41, 5.74) is 0. The van der Waals surface area contributed by atoms with Gasteiger partial charge in [0, 0.05) is 13.0 Å². The van der Waals surface area contributed by atoms with Crippen molar-refractivity contribution in [2.24, 2.45) is 0 Å². The minimum Gasteiger partial charge on any atom is -0.383 e. The molecule has 1 unspecified atom stereocenters. The van der Waals surface area contributed by atoms with Gasteiger partial charge in [-0.15, -0.1) is 22.9 Å². The van der Waals surface area contributed by atoms with Crippen LogP contribution >= 0.6 is 38.9 Å². The maximum absolute atomic E-state index is 11.9. The molecule has 1 atom stereocenters. The molecule has 16 heavy (non-hydrogen) atoms. The van der Waals surface area contributed by atoms with E-state index in [2.05, 4.69) is 20.7 Å². The Labute approximate surface area is 112 Å². The molecular weight excluding hydrogens is 338 g/mol. The number of halogens is 2. The molecule has 1 rings (SSSR count). The number of rotatable bonds is 6. The number of thiophene rings is 1. The summed E-state index contributed by atoms with van der Waals surface area (Å²) in [6.07, 6.45) is 0. The highest BCUT2D eigenvalue weighted by Crippen LogP contribution is 2.25. The Kier molecular flexibility index (Phi) is 5.69. The minimum atomic E-state index is -3.50. The first-order chi connectivity index (χ1) is 7.49. The number of sulfonamides is 1. The zero-order valence-corrected chi connectivity index (χ0v) is 12.4. The van der Waals surface area contributed by atoms with Crippen LogP contribution in [0.3, 0.4) is 0 Å². The highest BCUT2D eigenvalue weighted by molar-refractivity contribution is 9.11. The van der Waals surface area contributed by atoms with Gasteiger partial charge in [-0.05, 0) is 28.1 Å². The van der Waals surface area contributed by atoms with Gasteiger partial charge in [0.15, 0.2) is 0 Å². The molecule has 1 N–H and O–H groups in total. The lowest BCUT2D eigenvalue weighted by molar-refractivity contribution is 0.181. The van der Waals surface area contributed by atoms with E-state index in [0.717, 1.165) is 15.1 Å². The first-order valence-electron chi connectivity index (χ1n) is 4.32. The highest BCUT2D eigenvalue weighted by Gasteiger charge is 2.21. The van der Waals surface area contributed by atoms with Crippen LogP contribution in [0.1, 0.15) is 0 Å². The molecule has 0 amide bonds. The van der Waals surface area contributed by atoms with Crippen LogP contribution < -0.4 is 4.72 Å². The fraction of sp³-hybridized carbons (Fsp3) is 0.500. The molecule has 0 radical (unpaired) electrons. The molecule has 0 bridgehead atoms. The van der Waals surface area contributed by atoms with Crippen LogP contribution in [-0.4, -0.2) is 34.1 Å². The van der Waals surface area contributed by atoms with Crippen LogP contribution in [0.4, 0.5) is 0 Å². The number of hydrogen-bond acceptors (Lipinski definition) is 4. The van der Waals surface area contributed by atoms with Crippen molar-refractivity contribution in [3.05, 3.63) is 15.9 Å². The average Bonchev–Trinajstić information content (AvgIpc) is 2.64. The van der Waals surface area contributed by atoms with Crippen LogP contribution in [0.15, 0.2) is 20.1 Å². The molecule has 0 aliphatic carbocycles. The van der Waals surface area contributed by atoms with Crippen molar-refractivity contribution >= 4 is 48.9 Å². The SMILES string of the molecule is COCC(CCl)NS(=O)(=O)c1ccc(Br)s1. The Hall–Kier alpha value is 0.340. The second kappa shape index (κ2) is 6.32. The molecule has 0 aliphatic rings. The van der Waals surface area contributed by atoms with Crippen molar-refractivity contribution in [3.63, 3.8) is 0 Å². The highest BCUT2D eigenvalue weighted by atomic mass is 79.9. The molecular formula is C8H11BrClNO3S2. The number of alkyl halides is 1. The molecule has 1 heterocycles. The fourth-order valence-electron chi connectivity index (χ4n) is 1.03. The van der Waals surface area contributed by atoms with E-state index in [4.69, 9.17) is 16.3 Å². The van der Waals surface area contributed by atoms with E-state index in [0.29, 0.717) is 0 Å². The van der Waals surface area contributed by atoms with E-state index >= 15 is 0 Å². The Morgan fingerprint density at radius 1 is 1.62 bits per heavy atom.